The lowest BCUT2D eigenvalue weighted by atomic mass is 10.1. The Morgan fingerprint density at radius 3 is 2.56 bits per heavy atom. The number of carboxylic acid groups (broad SMARTS) is 1. The topological polar surface area (TPSA) is 64.4 Å². The molecule has 0 bridgehead atoms. The number of aromatic carboxylic acids is 1. The van der Waals surface area contributed by atoms with E-state index in [-0.39, 0.29) is 0 Å². The maximum Gasteiger partial charge on any atom is 0.339 e. The summed E-state index contributed by atoms with van der Waals surface area (Å²) in [4.78, 5) is 11.0. The fraction of sp³-hybridized carbons (Fsp3) is 0.692. The van der Waals surface area contributed by atoms with Gasteiger partial charge in [0.1, 0.15) is 5.56 Å². The number of ether oxygens (including phenoxy) is 1. The van der Waals surface area contributed by atoms with Crippen LogP contribution in [-0.4, -0.2) is 34.1 Å². The molecule has 1 heterocycles. The van der Waals surface area contributed by atoms with Crippen molar-refractivity contribution in [2.75, 3.05) is 13.2 Å². The normalized spacial score (nSPS) is 11.2. The van der Waals surface area contributed by atoms with Gasteiger partial charge in [-0.3, -0.25) is 4.68 Å². The molecule has 18 heavy (non-hydrogen) atoms. The lowest BCUT2D eigenvalue weighted by molar-refractivity contribution is 0.0694. The second-order valence-corrected chi connectivity index (χ2v) is 4.87. The Balaban J connectivity index is 2.48. The third-order valence-corrected chi connectivity index (χ3v) is 2.88. The zero-order chi connectivity index (χ0) is 13.7. The Morgan fingerprint density at radius 2 is 2.06 bits per heavy atom. The number of rotatable bonds is 7. The molecule has 0 fully saturated rings. The third-order valence-electron chi connectivity index (χ3n) is 2.88. The van der Waals surface area contributed by atoms with Crippen LogP contribution < -0.4 is 0 Å². The lowest BCUT2D eigenvalue weighted by Crippen LogP contribution is -2.11. The summed E-state index contributed by atoms with van der Waals surface area (Å²) in [5.74, 6) is -0.283. The Labute approximate surface area is 108 Å². The van der Waals surface area contributed by atoms with Crippen molar-refractivity contribution >= 4 is 5.97 Å². The first-order valence-corrected chi connectivity index (χ1v) is 6.28. The fourth-order valence-corrected chi connectivity index (χ4v) is 1.80. The van der Waals surface area contributed by atoms with Crippen molar-refractivity contribution in [2.45, 2.75) is 40.7 Å². The van der Waals surface area contributed by atoms with Crippen molar-refractivity contribution < 1.29 is 14.6 Å². The highest BCUT2D eigenvalue weighted by atomic mass is 16.5. The molecule has 102 valence electrons. The van der Waals surface area contributed by atoms with Crippen LogP contribution in [0.25, 0.3) is 0 Å². The molecule has 0 spiro atoms. The standard InChI is InChI=1S/C13H22N2O3/c1-9(2)5-7-18-8-6-15-11(4)12(13(16)17)10(3)14-15/h9H,5-8H2,1-4H3,(H,16,17). The number of hydrogen-bond donors (Lipinski definition) is 1. The first-order valence-electron chi connectivity index (χ1n) is 6.28. The average Bonchev–Trinajstić information content (AvgIpc) is 2.53. The molecule has 0 aliphatic rings. The van der Waals surface area contributed by atoms with Gasteiger partial charge in [0.25, 0.3) is 0 Å². The number of carboxylic acids is 1. The molecule has 0 radical (unpaired) electrons. The second kappa shape index (κ2) is 6.54. The first kappa shape index (κ1) is 14.7. The molecule has 0 aromatic carbocycles. The highest BCUT2D eigenvalue weighted by Gasteiger charge is 2.17. The van der Waals surface area contributed by atoms with Crippen LogP contribution in [0.5, 0.6) is 0 Å². The van der Waals surface area contributed by atoms with E-state index >= 15 is 0 Å². The van der Waals surface area contributed by atoms with E-state index in [1.165, 1.54) is 0 Å². The average molecular weight is 254 g/mol. The van der Waals surface area contributed by atoms with Crippen LogP contribution in [0.1, 0.15) is 42.0 Å². The number of hydrogen-bond acceptors (Lipinski definition) is 3. The minimum atomic E-state index is -0.919. The molecule has 0 atom stereocenters. The molecule has 5 heteroatoms. The van der Waals surface area contributed by atoms with Crippen molar-refractivity contribution in [1.29, 1.82) is 0 Å². The molecule has 0 saturated carbocycles. The third kappa shape index (κ3) is 3.84. The molecule has 0 aliphatic heterocycles. The van der Waals surface area contributed by atoms with Crippen molar-refractivity contribution in [2.24, 2.45) is 5.92 Å². The summed E-state index contributed by atoms with van der Waals surface area (Å²) in [5, 5.41) is 13.3. The number of aryl methyl sites for hydroxylation is 1. The van der Waals surface area contributed by atoms with Crippen LogP contribution in [0, 0.1) is 19.8 Å². The van der Waals surface area contributed by atoms with Gasteiger partial charge in [-0.15, -0.1) is 0 Å². The maximum absolute atomic E-state index is 11.0. The molecule has 5 nitrogen and oxygen atoms in total. The minimum Gasteiger partial charge on any atom is -0.478 e. The number of aromatic nitrogens is 2. The van der Waals surface area contributed by atoms with Crippen molar-refractivity contribution in [1.82, 2.24) is 9.78 Å². The molecule has 0 aliphatic carbocycles. The van der Waals surface area contributed by atoms with Crippen LogP contribution in [-0.2, 0) is 11.3 Å². The van der Waals surface area contributed by atoms with Gasteiger partial charge >= 0.3 is 5.97 Å². The summed E-state index contributed by atoms with van der Waals surface area (Å²) in [6.45, 7) is 9.70. The fourth-order valence-electron chi connectivity index (χ4n) is 1.80. The van der Waals surface area contributed by atoms with Gasteiger partial charge in [-0.1, -0.05) is 13.8 Å². The number of carbonyl (C=O) groups is 1. The van der Waals surface area contributed by atoms with Crippen molar-refractivity contribution in [3.63, 3.8) is 0 Å². The molecular formula is C13H22N2O3. The van der Waals surface area contributed by atoms with Gasteiger partial charge in [0.05, 0.1) is 24.5 Å². The second-order valence-electron chi connectivity index (χ2n) is 4.87. The van der Waals surface area contributed by atoms with Crippen LogP contribution in [0.3, 0.4) is 0 Å². The monoisotopic (exact) mass is 254 g/mol. The van der Waals surface area contributed by atoms with E-state index in [1.54, 1.807) is 18.5 Å². The first-order chi connectivity index (χ1) is 8.43. The van der Waals surface area contributed by atoms with E-state index in [0.29, 0.717) is 36.0 Å². The molecule has 0 unspecified atom stereocenters. The summed E-state index contributed by atoms with van der Waals surface area (Å²) in [6, 6.07) is 0. The molecule has 0 amide bonds. The van der Waals surface area contributed by atoms with E-state index in [4.69, 9.17) is 9.84 Å². The lowest BCUT2D eigenvalue weighted by Gasteiger charge is -2.07. The van der Waals surface area contributed by atoms with Gasteiger partial charge in [-0.05, 0) is 26.2 Å². The summed E-state index contributed by atoms with van der Waals surface area (Å²) in [5.41, 5.74) is 1.55. The highest BCUT2D eigenvalue weighted by Crippen LogP contribution is 2.12. The van der Waals surface area contributed by atoms with Gasteiger partial charge in [0.15, 0.2) is 0 Å². The predicted octanol–water partition coefficient (Wildman–Crippen LogP) is 2.26. The van der Waals surface area contributed by atoms with E-state index in [9.17, 15) is 4.79 Å². The Morgan fingerprint density at radius 1 is 1.39 bits per heavy atom. The van der Waals surface area contributed by atoms with Crippen LogP contribution in [0.4, 0.5) is 0 Å². The van der Waals surface area contributed by atoms with E-state index in [0.717, 1.165) is 13.0 Å². The number of nitrogens with zero attached hydrogens (tertiary/aromatic N) is 2. The van der Waals surface area contributed by atoms with Gasteiger partial charge < -0.3 is 9.84 Å². The quantitative estimate of drug-likeness (QED) is 0.758. The largest absolute Gasteiger partial charge is 0.478 e. The predicted molar refractivity (Wildman–Crippen MR) is 68.9 cm³/mol. The van der Waals surface area contributed by atoms with E-state index < -0.39 is 5.97 Å². The zero-order valence-electron chi connectivity index (χ0n) is 11.6. The summed E-state index contributed by atoms with van der Waals surface area (Å²) in [6.07, 6.45) is 1.04. The Kier molecular flexibility index (Phi) is 5.34. The zero-order valence-corrected chi connectivity index (χ0v) is 11.6. The Bertz CT molecular complexity index is 411. The van der Waals surface area contributed by atoms with Crippen LogP contribution in [0.15, 0.2) is 0 Å². The van der Waals surface area contributed by atoms with Crippen molar-refractivity contribution in [3.8, 4) is 0 Å². The van der Waals surface area contributed by atoms with Gasteiger partial charge in [-0.25, -0.2) is 4.79 Å². The molecule has 0 saturated heterocycles. The van der Waals surface area contributed by atoms with Gasteiger partial charge in [0.2, 0.25) is 0 Å². The smallest absolute Gasteiger partial charge is 0.339 e. The van der Waals surface area contributed by atoms with E-state index in [2.05, 4.69) is 18.9 Å². The summed E-state index contributed by atoms with van der Waals surface area (Å²) < 4.78 is 7.21. The molecule has 1 rings (SSSR count). The molecule has 1 aromatic heterocycles. The SMILES string of the molecule is Cc1nn(CCOCCC(C)C)c(C)c1C(=O)O. The highest BCUT2D eigenvalue weighted by molar-refractivity contribution is 5.90. The maximum atomic E-state index is 11.0. The van der Waals surface area contributed by atoms with E-state index in [1.807, 2.05) is 0 Å². The molecule has 1 N–H and O–H groups in total. The van der Waals surface area contributed by atoms with Crippen LogP contribution >= 0.6 is 0 Å². The Hall–Kier alpha value is -1.36. The summed E-state index contributed by atoms with van der Waals surface area (Å²) in [7, 11) is 0. The van der Waals surface area contributed by atoms with Crippen molar-refractivity contribution in [3.05, 3.63) is 17.0 Å². The van der Waals surface area contributed by atoms with Crippen LogP contribution in [0.2, 0.25) is 0 Å². The van der Waals surface area contributed by atoms with Gasteiger partial charge in [-0.2, -0.15) is 5.10 Å². The minimum absolute atomic E-state index is 0.303. The molecular weight excluding hydrogens is 232 g/mol. The molecule has 1 aromatic rings. The van der Waals surface area contributed by atoms with Gasteiger partial charge in [0, 0.05) is 6.61 Å². The summed E-state index contributed by atoms with van der Waals surface area (Å²) >= 11 is 0.